The van der Waals surface area contributed by atoms with Gasteiger partial charge in [0.1, 0.15) is 17.1 Å². The van der Waals surface area contributed by atoms with E-state index in [2.05, 4.69) is 0 Å². The summed E-state index contributed by atoms with van der Waals surface area (Å²) >= 11 is 0. The second-order valence-corrected chi connectivity index (χ2v) is 16.6. The number of hydrogen-bond acceptors (Lipinski definition) is 9. The predicted octanol–water partition coefficient (Wildman–Crippen LogP) is 3.13. The zero-order chi connectivity index (χ0) is 39.7. The number of phosphoric acid groups is 2. The minimum absolute atomic E-state index is 0.0634. The standard InChI is InChI=1S/C33H47N3O15P2/c1-34(2)28(37)26-24(32(30(39)40)14-10-20(11-15-32)18-50-52(43,44)45)25(33(31(41)42)16-12-21(13-17-33)19-51-53(46,47)48)27(29(38)35(3)4)36(26)22-6-8-23(49-5)9-7-22/h6-9,20-21H,10-19H2,1-5H3,(H,39,40)(H,41,42)(H2,43,44,45)(H2,46,47,48)/t20-,21?,32+,33?. The van der Waals surface area contributed by atoms with E-state index in [1.807, 2.05) is 0 Å². The first-order chi connectivity index (χ1) is 24.6. The van der Waals surface area contributed by atoms with E-state index in [9.17, 15) is 58.1 Å². The number of rotatable bonds is 14. The van der Waals surface area contributed by atoms with Gasteiger partial charge in [0.25, 0.3) is 11.8 Å². The molecule has 2 amide bonds. The Balaban J connectivity index is 2.13. The van der Waals surface area contributed by atoms with Gasteiger partial charge in [0, 0.05) is 45.0 Å². The van der Waals surface area contributed by atoms with Gasteiger partial charge in [0.15, 0.2) is 0 Å². The third kappa shape index (κ3) is 8.87. The Bertz CT molecular complexity index is 1690. The van der Waals surface area contributed by atoms with Gasteiger partial charge in [-0.05, 0) is 87.5 Å². The van der Waals surface area contributed by atoms with Crippen molar-refractivity contribution in [3.8, 4) is 11.4 Å². The maximum Gasteiger partial charge on any atom is 0.469 e. The van der Waals surface area contributed by atoms with Gasteiger partial charge < -0.3 is 48.9 Å². The molecule has 0 atom stereocenters. The molecule has 18 nitrogen and oxygen atoms in total. The van der Waals surface area contributed by atoms with Gasteiger partial charge in [-0.1, -0.05) is 0 Å². The van der Waals surface area contributed by atoms with E-state index in [1.54, 1.807) is 24.3 Å². The average Bonchev–Trinajstić information content (AvgIpc) is 3.45. The molecule has 0 spiro atoms. The molecule has 294 valence electrons. The van der Waals surface area contributed by atoms with Crippen molar-refractivity contribution in [1.82, 2.24) is 14.4 Å². The highest BCUT2D eigenvalue weighted by Crippen LogP contribution is 2.54. The number of carboxylic acid groups (broad SMARTS) is 2. The lowest BCUT2D eigenvalue weighted by Crippen LogP contribution is -2.47. The van der Waals surface area contributed by atoms with Crippen molar-refractivity contribution in [3.63, 3.8) is 0 Å². The lowest BCUT2D eigenvalue weighted by atomic mass is 9.59. The number of hydrogen-bond donors (Lipinski definition) is 6. The molecule has 0 aliphatic heterocycles. The van der Waals surface area contributed by atoms with Crippen molar-refractivity contribution in [1.29, 1.82) is 0 Å². The van der Waals surface area contributed by atoms with Crippen LogP contribution in [-0.4, -0.2) is 116 Å². The fourth-order valence-corrected chi connectivity index (χ4v) is 8.35. The zero-order valence-corrected chi connectivity index (χ0v) is 31.9. The van der Waals surface area contributed by atoms with Crippen molar-refractivity contribution >= 4 is 39.4 Å². The number of carboxylic acids is 2. The minimum atomic E-state index is -4.84. The summed E-state index contributed by atoms with van der Waals surface area (Å²) in [6.45, 7) is -0.741. The summed E-state index contributed by atoms with van der Waals surface area (Å²) in [5.41, 5.74) is -4.45. The normalized spacial score (nSPS) is 23.6. The number of carbonyl (C=O) groups is 4. The monoisotopic (exact) mass is 787 g/mol. The van der Waals surface area contributed by atoms with Crippen LogP contribution in [0, 0.1) is 11.8 Å². The first kappa shape index (κ1) is 42.1. The van der Waals surface area contributed by atoms with Gasteiger partial charge in [-0.15, -0.1) is 0 Å². The molecule has 20 heteroatoms. The Morgan fingerprint density at radius 3 is 1.30 bits per heavy atom. The van der Waals surface area contributed by atoms with Crippen LogP contribution in [0.4, 0.5) is 0 Å². The maximum atomic E-state index is 14.5. The molecule has 0 unspecified atom stereocenters. The molecule has 2 aromatic rings. The van der Waals surface area contributed by atoms with Crippen LogP contribution in [0.15, 0.2) is 24.3 Å². The van der Waals surface area contributed by atoms with E-state index in [4.69, 9.17) is 13.8 Å². The van der Waals surface area contributed by atoms with E-state index < -0.39 is 62.1 Å². The van der Waals surface area contributed by atoms with Crippen LogP contribution in [0.3, 0.4) is 0 Å². The number of phosphoric ester groups is 2. The van der Waals surface area contributed by atoms with Crippen LogP contribution in [0.5, 0.6) is 5.75 Å². The van der Waals surface area contributed by atoms with Gasteiger partial charge in [-0.2, -0.15) is 0 Å². The number of carbonyl (C=O) groups excluding carboxylic acids is 2. The Morgan fingerprint density at radius 2 is 1.04 bits per heavy atom. The van der Waals surface area contributed by atoms with Crippen LogP contribution in [0.2, 0.25) is 0 Å². The highest BCUT2D eigenvalue weighted by molar-refractivity contribution is 7.46. The first-order valence-electron chi connectivity index (χ1n) is 16.8. The van der Waals surface area contributed by atoms with Crippen LogP contribution in [-0.2, 0) is 38.6 Å². The van der Waals surface area contributed by atoms with Gasteiger partial charge in [-0.25, -0.2) is 9.13 Å². The lowest BCUT2D eigenvalue weighted by Gasteiger charge is -2.42. The molecule has 0 radical (unpaired) electrons. The molecule has 0 saturated heterocycles. The second-order valence-electron chi connectivity index (χ2n) is 14.1. The second kappa shape index (κ2) is 16.0. The Kier molecular flexibility index (Phi) is 12.7. The smallest absolute Gasteiger partial charge is 0.469 e. The van der Waals surface area contributed by atoms with Crippen molar-refractivity contribution < 1.29 is 71.9 Å². The molecule has 2 fully saturated rings. The molecule has 4 rings (SSSR count). The molecule has 2 saturated carbocycles. The lowest BCUT2D eigenvalue weighted by molar-refractivity contribution is -0.148. The van der Waals surface area contributed by atoms with Crippen LogP contribution in [0.1, 0.15) is 83.5 Å². The van der Waals surface area contributed by atoms with Crippen molar-refractivity contribution in [2.24, 2.45) is 11.8 Å². The number of aromatic nitrogens is 1. The first-order valence-corrected chi connectivity index (χ1v) is 19.9. The van der Waals surface area contributed by atoms with Gasteiger partial charge >= 0.3 is 27.6 Å². The average molecular weight is 788 g/mol. The number of benzene rings is 1. The van der Waals surface area contributed by atoms with Gasteiger partial charge in [0.2, 0.25) is 0 Å². The molecule has 1 heterocycles. The molecule has 6 N–H and O–H groups in total. The molecular formula is C33H47N3O15P2. The molecule has 2 aliphatic rings. The third-order valence-electron chi connectivity index (χ3n) is 10.4. The molecule has 1 aromatic heterocycles. The number of amides is 2. The summed E-state index contributed by atoms with van der Waals surface area (Å²) in [6.07, 6.45) is -0.545. The number of aliphatic carboxylic acids is 2. The van der Waals surface area contributed by atoms with Crippen LogP contribution in [0.25, 0.3) is 5.69 Å². The zero-order valence-electron chi connectivity index (χ0n) is 30.1. The number of ether oxygens (including phenoxy) is 1. The van der Waals surface area contributed by atoms with Crippen molar-refractivity contribution in [3.05, 3.63) is 46.8 Å². The fraction of sp³-hybridized carbons (Fsp3) is 0.576. The van der Waals surface area contributed by atoms with Crippen LogP contribution >= 0.6 is 15.6 Å². The summed E-state index contributed by atoms with van der Waals surface area (Å²) in [7, 11) is -2.49. The highest BCUT2D eigenvalue weighted by Gasteiger charge is 2.57. The van der Waals surface area contributed by atoms with E-state index >= 15 is 0 Å². The van der Waals surface area contributed by atoms with Crippen LogP contribution < -0.4 is 4.74 Å². The van der Waals surface area contributed by atoms with Crippen molar-refractivity contribution in [2.75, 3.05) is 48.5 Å². The number of nitrogens with zero attached hydrogens (tertiary/aromatic N) is 3. The highest BCUT2D eigenvalue weighted by atomic mass is 31.2. The van der Waals surface area contributed by atoms with Crippen molar-refractivity contribution in [2.45, 2.75) is 62.2 Å². The SMILES string of the molecule is COc1ccc(-n2c(C(=O)N(C)C)c(C3(C(=O)O)CCC(COP(=O)(O)O)CC3)c([C@]3(C(=O)O)CC[C@@H](COP(=O)(O)O)CC3)c2C(=O)N(C)C)cc1. The summed E-state index contributed by atoms with van der Waals surface area (Å²) in [5, 5.41) is 22.4. The Morgan fingerprint density at radius 1 is 0.698 bits per heavy atom. The maximum absolute atomic E-state index is 14.5. The van der Waals surface area contributed by atoms with E-state index in [1.165, 1.54) is 49.7 Å². The predicted molar refractivity (Wildman–Crippen MR) is 187 cm³/mol. The number of methoxy groups -OCH3 is 1. The van der Waals surface area contributed by atoms with E-state index in [0.717, 1.165) is 0 Å². The summed E-state index contributed by atoms with van der Waals surface area (Å²) < 4.78 is 39.0. The molecule has 2 aliphatic carbocycles. The van der Waals surface area contributed by atoms with E-state index in [0.29, 0.717) is 5.75 Å². The van der Waals surface area contributed by atoms with E-state index in [-0.39, 0.29) is 92.8 Å². The molecular weight excluding hydrogens is 740 g/mol. The van der Waals surface area contributed by atoms with Gasteiger partial charge in [-0.3, -0.25) is 28.2 Å². The fourth-order valence-electron chi connectivity index (χ4n) is 7.54. The molecule has 1 aromatic carbocycles. The summed E-state index contributed by atoms with van der Waals surface area (Å²) in [6, 6.07) is 6.25. The topological polar surface area (TPSA) is 263 Å². The van der Waals surface area contributed by atoms with Gasteiger partial charge in [0.05, 0.1) is 31.2 Å². The molecule has 53 heavy (non-hydrogen) atoms. The molecule has 0 bridgehead atoms. The Labute approximate surface area is 306 Å². The summed E-state index contributed by atoms with van der Waals surface area (Å²) in [4.78, 5) is 96.2. The quantitative estimate of drug-likeness (QED) is 0.150. The summed E-state index contributed by atoms with van der Waals surface area (Å²) in [5.74, 6) is -4.76. The Hall–Kier alpha value is -3.60. The third-order valence-corrected chi connectivity index (χ3v) is 11.3. The minimum Gasteiger partial charge on any atom is -0.497 e. The largest absolute Gasteiger partial charge is 0.497 e.